The Balaban J connectivity index is 1.72. The van der Waals surface area contributed by atoms with Crippen molar-refractivity contribution in [2.24, 2.45) is 0 Å². The first kappa shape index (κ1) is 31.1. The Bertz CT molecular complexity index is 1440. The molecule has 224 valence electrons. The van der Waals surface area contributed by atoms with E-state index in [-0.39, 0.29) is 18.5 Å². The summed E-state index contributed by atoms with van der Waals surface area (Å²) in [6.07, 6.45) is 6.48. The number of methoxy groups -OCH3 is 1. The largest absolute Gasteiger partial charge is 0.497 e. The molecule has 1 aliphatic carbocycles. The number of aryl methyl sites for hydroxylation is 1. The number of nitrogens with zero attached hydrogens (tertiary/aromatic N) is 2. The Labute approximate surface area is 249 Å². The van der Waals surface area contributed by atoms with Crippen molar-refractivity contribution in [3.8, 4) is 5.75 Å². The topological polar surface area (TPSA) is 96.0 Å². The first-order valence-corrected chi connectivity index (χ1v) is 16.3. The zero-order valence-corrected chi connectivity index (χ0v) is 25.5. The number of carbonyl (C=O) groups is 2. The van der Waals surface area contributed by atoms with E-state index in [9.17, 15) is 18.0 Å². The van der Waals surface area contributed by atoms with E-state index in [1.165, 1.54) is 7.11 Å². The van der Waals surface area contributed by atoms with Crippen molar-refractivity contribution in [3.63, 3.8) is 0 Å². The third-order valence-electron chi connectivity index (χ3n) is 7.86. The Morgan fingerprint density at radius 3 is 2.19 bits per heavy atom. The normalized spacial score (nSPS) is 14.5. The molecule has 0 spiro atoms. The van der Waals surface area contributed by atoms with Crippen molar-refractivity contribution in [1.82, 2.24) is 10.2 Å². The van der Waals surface area contributed by atoms with Crippen LogP contribution in [0.5, 0.6) is 5.75 Å². The average Bonchev–Trinajstić information content (AvgIpc) is 2.99. The van der Waals surface area contributed by atoms with E-state index in [1.807, 2.05) is 61.5 Å². The lowest BCUT2D eigenvalue weighted by Crippen LogP contribution is -2.55. The lowest BCUT2D eigenvalue weighted by molar-refractivity contribution is -0.140. The highest BCUT2D eigenvalue weighted by Gasteiger charge is 2.34. The summed E-state index contributed by atoms with van der Waals surface area (Å²) in [5.41, 5.74) is 3.13. The lowest BCUT2D eigenvalue weighted by Gasteiger charge is -2.35. The van der Waals surface area contributed by atoms with Crippen LogP contribution < -0.4 is 14.4 Å². The lowest BCUT2D eigenvalue weighted by atomic mass is 9.94. The fraction of sp³-hybridized carbons (Fsp3) is 0.394. The monoisotopic (exact) mass is 591 g/mol. The minimum atomic E-state index is -3.83. The number of rotatable bonds is 12. The van der Waals surface area contributed by atoms with Gasteiger partial charge in [0.1, 0.15) is 18.3 Å². The number of nitrogens with one attached hydrogen (secondary N) is 1. The van der Waals surface area contributed by atoms with Crippen molar-refractivity contribution in [1.29, 1.82) is 0 Å². The number of ether oxygens (including phenoxy) is 1. The van der Waals surface area contributed by atoms with E-state index in [4.69, 9.17) is 4.74 Å². The summed E-state index contributed by atoms with van der Waals surface area (Å²) in [7, 11) is -2.30. The van der Waals surface area contributed by atoms with Crippen LogP contribution in [0.3, 0.4) is 0 Å². The fourth-order valence-electron chi connectivity index (χ4n) is 5.43. The summed E-state index contributed by atoms with van der Waals surface area (Å²) in [5.74, 6) is -0.107. The van der Waals surface area contributed by atoms with Crippen molar-refractivity contribution in [2.75, 3.05) is 24.2 Å². The van der Waals surface area contributed by atoms with Crippen molar-refractivity contribution >= 4 is 27.5 Å². The number of carbonyl (C=O) groups excluding carboxylic acids is 2. The second kappa shape index (κ2) is 14.4. The van der Waals surface area contributed by atoms with Gasteiger partial charge in [-0.15, -0.1) is 0 Å². The smallest absolute Gasteiger partial charge is 0.244 e. The van der Waals surface area contributed by atoms with Gasteiger partial charge in [-0.2, -0.15) is 0 Å². The van der Waals surface area contributed by atoms with Crippen molar-refractivity contribution in [2.45, 2.75) is 64.1 Å². The molecular formula is C33H41N3O5S. The highest BCUT2D eigenvalue weighted by molar-refractivity contribution is 7.92. The Kier molecular flexibility index (Phi) is 10.6. The third-order valence-corrected chi connectivity index (χ3v) is 9.00. The minimum Gasteiger partial charge on any atom is -0.497 e. The summed E-state index contributed by atoms with van der Waals surface area (Å²) < 4.78 is 32.2. The molecule has 0 aromatic heterocycles. The number of benzene rings is 3. The van der Waals surface area contributed by atoms with Gasteiger partial charge in [-0.1, -0.05) is 73.9 Å². The molecule has 0 bridgehead atoms. The van der Waals surface area contributed by atoms with Crippen LogP contribution in [-0.2, 0) is 32.6 Å². The first-order chi connectivity index (χ1) is 20.2. The molecule has 1 aliphatic rings. The van der Waals surface area contributed by atoms with E-state index in [0.29, 0.717) is 17.9 Å². The van der Waals surface area contributed by atoms with Crippen LogP contribution in [-0.4, -0.2) is 57.1 Å². The molecule has 0 saturated heterocycles. The molecule has 2 amide bonds. The zero-order chi connectivity index (χ0) is 30.1. The van der Waals surface area contributed by atoms with Crippen LogP contribution in [0.4, 0.5) is 5.69 Å². The summed E-state index contributed by atoms with van der Waals surface area (Å²) in [4.78, 5) is 29.8. The van der Waals surface area contributed by atoms with Gasteiger partial charge in [0, 0.05) is 19.0 Å². The highest BCUT2D eigenvalue weighted by Crippen LogP contribution is 2.24. The average molecular weight is 592 g/mol. The summed E-state index contributed by atoms with van der Waals surface area (Å²) >= 11 is 0. The number of sulfonamides is 1. The van der Waals surface area contributed by atoms with E-state index in [2.05, 4.69) is 5.32 Å². The van der Waals surface area contributed by atoms with Gasteiger partial charge in [-0.05, 0) is 60.7 Å². The molecule has 42 heavy (non-hydrogen) atoms. The molecule has 0 heterocycles. The number of hydrogen-bond acceptors (Lipinski definition) is 5. The quantitative estimate of drug-likeness (QED) is 0.325. The summed E-state index contributed by atoms with van der Waals surface area (Å²) in [6.45, 7) is 1.69. The molecule has 1 N–H and O–H groups in total. The van der Waals surface area contributed by atoms with Gasteiger partial charge < -0.3 is 15.0 Å². The van der Waals surface area contributed by atoms with Gasteiger partial charge >= 0.3 is 0 Å². The van der Waals surface area contributed by atoms with Crippen LogP contribution in [0.1, 0.15) is 48.8 Å². The SMILES string of the molecule is COc1ccc(N(CC(=O)N(Cc2ccccc2C)[C@H](Cc2ccccc2)C(=O)NC2CCCCC2)S(C)(=O)=O)cc1. The standard InChI is InChI=1S/C33H41N3O5S/c1-25-12-10-11-15-27(25)23-35(32(37)24-36(42(3,39)40)29-18-20-30(41-2)21-19-29)31(22-26-13-6-4-7-14-26)33(38)34-28-16-8-5-9-17-28/h4,6-7,10-15,18-21,28,31H,5,8-9,16-17,22-24H2,1-3H3,(H,34,38)/t31-/m1/s1. The van der Waals surface area contributed by atoms with E-state index >= 15 is 0 Å². The molecule has 0 radical (unpaired) electrons. The molecule has 9 heteroatoms. The van der Waals surface area contributed by atoms with Crippen molar-refractivity contribution in [3.05, 3.63) is 95.6 Å². The summed E-state index contributed by atoms with van der Waals surface area (Å²) in [5, 5.41) is 3.22. The van der Waals surface area contributed by atoms with Gasteiger partial charge in [-0.25, -0.2) is 8.42 Å². The van der Waals surface area contributed by atoms with Crippen LogP contribution in [0.2, 0.25) is 0 Å². The minimum absolute atomic E-state index is 0.0618. The van der Waals surface area contributed by atoms with Gasteiger partial charge in [0.25, 0.3) is 0 Å². The van der Waals surface area contributed by atoms with Gasteiger partial charge in [0.05, 0.1) is 19.1 Å². The Morgan fingerprint density at radius 2 is 1.57 bits per heavy atom. The van der Waals surface area contributed by atoms with E-state index in [1.54, 1.807) is 29.2 Å². The molecule has 1 saturated carbocycles. The summed E-state index contributed by atoms with van der Waals surface area (Å²) in [6, 6.07) is 23.1. The van der Waals surface area contributed by atoms with Gasteiger partial charge in [-0.3, -0.25) is 13.9 Å². The van der Waals surface area contributed by atoms with Gasteiger partial charge in [0.2, 0.25) is 21.8 Å². The van der Waals surface area contributed by atoms with Gasteiger partial charge in [0.15, 0.2) is 0 Å². The van der Waals surface area contributed by atoms with Crippen molar-refractivity contribution < 1.29 is 22.7 Å². The molecule has 0 aliphatic heterocycles. The maximum Gasteiger partial charge on any atom is 0.244 e. The third kappa shape index (κ3) is 8.35. The van der Waals surface area contributed by atoms with Crippen LogP contribution in [0.15, 0.2) is 78.9 Å². The fourth-order valence-corrected chi connectivity index (χ4v) is 6.28. The second-order valence-corrected chi connectivity index (χ2v) is 12.9. The molecule has 0 unspecified atom stereocenters. The predicted molar refractivity (Wildman–Crippen MR) is 166 cm³/mol. The molecular weight excluding hydrogens is 550 g/mol. The molecule has 8 nitrogen and oxygen atoms in total. The van der Waals surface area contributed by atoms with Crippen LogP contribution in [0, 0.1) is 6.92 Å². The predicted octanol–water partition coefficient (Wildman–Crippen LogP) is 4.86. The number of amides is 2. The highest BCUT2D eigenvalue weighted by atomic mass is 32.2. The molecule has 3 aromatic carbocycles. The second-order valence-electron chi connectivity index (χ2n) is 11.0. The maximum atomic E-state index is 14.3. The molecule has 1 fully saturated rings. The van der Waals surface area contributed by atoms with E-state index in [0.717, 1.165) is 59.4 Å². The number of hydrogen-bond donors (Lipinski definition) is 1. The first-order valence-electron chi connectivity index (χ1n) is 14.5. The Hall–Kier alpha value is -3.85. The molecule has 4 rings (SSSR count). The maximum absolute atomic E-state index is 14.3. The Morgan fingerprint density at radius 1 is 0.929 bits per heavy atom. The molecule has 3 aromatic rings. The van der Waals surface area contributed by atoms with Crippen LogP contribution >= 0.6 is 0 Å². The number of anilines is 1. The zero-order valence-electron chi connectivity index (χ0n) is 24.7. The van der Waals surface area contributed by atoms with Crippen LogP contribution in [0.25, 0.3) is 0 Å². The van der Waals surface area contributed by atoms with E-state index < -0.39 is 28.5 Å². The molecule has 1 atom stereocenters.